The number of anilines is 1. The molecule has 0 saturated heterocycles. The maximum atomic E-state index is 4.93. The Balaban J connectivity index is 1.98. The van der Waals surface area contributed by atoms with Crippen LogP contribution in [0.5, 0.6) is 0 Å². The number of halogens is 1. The third-order valence-electron chi connectivity index (χ3n) is 4.34. The van der Waals surface area contributed by atoms with Crippen molar-refractivity contribution in [3.05, 3.63) is 15.1 Å². The van der Waals surface area contributed by atoms with Crippen LogP contribution in [0.1, 0.15) is 68.3 Å². The molecule has 2 saturated carbocycles. The van der Waals surface area contributed by atoms with Crippen molar-refractivity contribution in [1.29, 1.82) is 0 Å². The molecule has 0 aromatic carbocycles. The van der Waals surface area contributed by atoms with Gasteiger partial charge in [-0.1, -0.05) is 19.3 Å². The summed E-state index contributed by atoms with van der Waals surface area (Å²) in [5.41, 5.74) is 1.31. The zero-order valence-electron chi connectivity index (χ0n) is 10.9. The van der Waals surface area contributed by atoms with E-state index in [4.69, 9.17) is 9.97 Å². The molecule has 0 unspecified atom stereocenters. The first-order chi connectivity index (χ1) is 8.79. The molecule has 1 heterocycles. The fourth-order valence-corrected chi connectivity index (χ4v) is 3.92. The summed E-state index contributed by atoms with van der Waals surface area (Å²) >= 11 is 2.41. The number of hydrogen-bond donors (Lipinski definition) is 1. The molecule has 2 aliphatic rings. The maximum absolute atomic E-state index is 4.93. The SMILES string of the molecule is CNc1nc(C2CCC2)nc(C2CCCC2)c1I. The van der Waals surface area contributed by atoms with Gasteiger partial charge in [-0.25, -0.2) is 9.97 Å². The molecule has 1 aromatic heterocycles. The third-order valence-corrected chi connectivity index (χ3v) is 5.41. The normalized spacial score (nSPS) is 21.0. The van der Waals surface area contributed by atoms with Crippen LogP contribution in [0.25, 0.3) is 0 Å². The van der Waals surface area contributed by atoms with E-state index in [1.165, 1.54) is 54.2 Å². The highest BCUT2D eigenvalue weighted by atomic mass is 127. The molecule has 0 aliphatic heterocycles. The van der Waals surface area contributed by atoms with Crippen molar-refractivity contribution < 1.29 is 0 Å². The molecule has 3 nitrogen and oxygen atoms in total. The van der Waals surface area contributed by atoms with Gasteiger partial charge in [0.05, 0.1) is 9.26 Å². The lowest BCUT2D eigenvalue weighted by molar-refractivity contribution is 0.399. The predicted octanol–water partition coefficient (Wildman–Crippen LogP) is 4.05. The topological polar surface area (TPSA) is 37.8 Å². The first kappa shape index (κ1) is 12.6. The Kier molecular flexibility index (Phi) is 3.73. The van der Waals surface area contributed by atoms with Crippen molar-refractivity contribution in [2.24, 2.45) is 0 Å². The minimum Gasteiger partial charge on any atom is -0.372 e. The molecule has 0 atom stereocenters. The Morgan fingerprint density at radius 3 is 2.22 bits per heavy atom. The van der Waals surface area contributed by atoms with Crippen molar-refractivity contribution in [2.75, 3.05) is 12.4 Å². The van der Waals surface area contributed by atoms with Gasteiger partial charge in [-0.05, 0) is 48.3 Å². The standard InChI is InChI=1S/C14H20IN3/c1-16-14-11(15)12(9-5-2-3-6-9)17-13(18-14)10-7-4-8-10/h9-10H,2-8H2,1H3,(H,16,17,18). The van der Waals surface area contributed by atoms with Gasteiger partial charge in [0.15, 0.2) is 0 Å². The van der Waals surface area contributed by atoms with Crippen LogP contribution < -0.4 is 5.32 Å². The highest BCUT2D eigenvalue weighted by Crippen LogP contribution is 2.40. The van der Waals surface area contributed by atoms with Crippen molar-refractivity contribution >= 4 is 28.4 Å². The summed E-state index contributed by atoms with van der Waals surface area (Å²) in [6.45, 7) is 0. The van der Waals surface area contributed by atoms with E-state index in [0.29, 0.717) is 11.8 Å². The minimum absolute atomic E-state index is 0.620. The van der Waals surface area contributed by atoms with Gasteiger partial charge in [-0.3, -0.25) is 0 Å². The lowest BCUT2D eigenvalue weighted by Gasteiger charge is -2.26. The quantitative estimate of drug-likeness (QED) is 0.830. The van der Waals surface area contributed by atoms with Gasteiger partial charge in [0.1, 0.15) is 11.6 Å². The molecule has 4 heteroatoms. The molecule has 3 rings (SSSR count). The monoisotopic (exact) mass is 357 g/mol. The van der Waals surface area contributed by atoms with Crippen LogP contribution in [0.4, 0.5) is 5.82 Å². The molecule has 0 amide bonds. The number of aromatic nitrogens is 2. The largest absolute Gasteiger partial charge is 0.372 e. The number of rotatable bonds is 3. The molecular formula is C14H20IN3. The third kappa shape index (κ3) is 2.24. The van der Waals surface area contributed by atoms with Gasteiger partial charge < -0.3 is 5.32 Å². The molecule has 0 radical (unpaired) electrons. The second-order valence-electron chi connectivity index (χ2n) is 5.49. The molecule has 18 heavy (non-hydrogen) atoms. The summed E-state index contributed by atoms with van der Waals surface area (Å²) in [5, 5.41) is 3.24. The van der Waals surface area contributed by atoms with Crippen LogP contribution in [0.3, 0.4) is 0 Å². The average Bonchev–Trinajstić information content (AvgIpc) is 2.82. The van der Waals surface area contributed by atoms with Crippen molar-refractivity contribution in [3.63, 3.8) is 0 Å². The van der Waals surface area contributed by atoms with Crippen LogP contribution in [-0.4, -0.2) is 17.0 Å². The van der Waals surface area contributed by atoms with Gasteiger partial charge in [-0.15, -0.1) is 0 Å². The smallest absolute Gasteiger partial charge is 0.143 e. The summed E-state index contributed by atoms with van der Waals surface area (Å²) in [5.74, 6) is 3.42. The summed E-state index contributed by atoms with van der Waals surface area (Å²) in [4.78, 5) is 9.64. The Labute approximate surface area is 122 Å². The molecule has 98 valence electrons. The predicted molar refractivity (Wildman–Crippen MR) is 82.1 cm³/mol. The van der Waals surface area contributed by atoms with E-state index in [-0.39, 0.29) is 0 Å². The summed E-state index contributed by atoms with van der Waals surface area (Å²) < 4.78 is 1.24. The molecule has 2 aliphatic carbocycles. The second kappa shape index (κ2) is 5.31. The Morgan fingerprint density at radius 2 is 1.67 bits per heavy atom. The van der Waals surface area contributed by atoms with Crippen LogP contribution in [0, 0.1) is 3.57 Å². The van der Waals surface area contributed by atoms with E-state index in [1.54, 1.807) is 0 Å². The Bertz CT molecular complexity index is 437. The van der Waals surface area contributed by atoms with E-state index in [1.807, 2.05) is 7.05 Å². The van der Waals surface area contributed by atoms with E-state index < -0.39 is 0 Å². The Morgan fingerprint density at radius 1 is 1.00 bits per heavy atom. The lowest BCUT2D eigenvalue weighted by atomic mass is 9.84. The average molecular weight is 357 g/mol. The molecular weight excluding hydrogens is 337 g/mol. The summed E-state index contributed by atoms with van der Waals surface area (Å²) in [7, 11) is 1.97. The van der Waals surface area contributed by atoms with Crippen molar-refractivity contribution in [2.45, 2.75) is 56.8 Å². The molecule has 1 N–H and O–H groups in total. The first-order valence-corrected chi connectivity index (χ1v) is 8.12. The van der Waals surface area contributed by atoms with Gasteiger partial charge >= 0.3 is 0 Å². The van der Waals surface area contributed by atoms with E-state index >= 15 is 0 Å². The highest BCUT2D eigenvalue weighted by Gasteiger charge is 2.28. The van der Waals surface area contributed by atoms with Gasteiger partial charge in [-0.2, -0.15) is 0 Å². The molecule has 0 spiro atoms. The van der Waals surface area contributed by atoms with Crippen LogP contribution in [0.2, 0.25) is 0 Å². The summed E-state index contributed by atoms with van der Waals surface area (Å²) in [6, 6.07) is 0. The second-order valence-corrected chi connectivity index (χ2v) is 6.57. The molecule has 2 fully saturated rings. The summed E-state index contributed by atoms with van der Waals surface area (Å²) in [6.07, 6.45) is 9.21. The van der Waals surface area contributed by atoms with Crippen molar-refractivity contribution in [3.8, 4) is 0 Å². The highest BCUT2D eigenvalue weighted by molar-refractivity contribution is 14.1. The number of hydrogen-bond acceptors (Lipinski definition) is 3. The van der Waals surface area contributed by atoms with E-state index in [2.05, 4.69) is 27.9 Å². The van der Waals surface area contributed by atoms with Crippen LogP contribution >= 0.6 is 22.6 Å². The maximum Gasteiger partial charge on any atom is 0.143 e. The first-order valence-electron chi connectivity index (χ1n) is 7.04. The van der Waals surface area contributed by atoms with Crippen LogP contribution in [0.15, 0.2) is 0 Å². The van der Waals surface area contributed by atoms with E-state index in [0.717, 1.165) is 11.6 Å². The fourth-order valence-electron chi connectivity index (χ4n) is 2.97. The minimum atomic E-state index is 0.620. The van der Waals surface area contributed by atoms with Gasteiger partial charge in [0.25, 0.3) is 0 Å². The van der Waals surface area contributed by atoms with Gasteiger partial charge in [0.2, 0.25) is 0 Å². The lowest BCUT2D eigenvalue weighted by Crippen LogP contribution is -2.17. The molecule has 1 aromatic rings. The number of nitrogens with one attached hydrogen (secondary N) is 1. The van der Waals surface area contributed by atoms with Crippen molar-refractivity contribution in [1.82, 2.24) is 9.97 Å². The zero-order chi connectivity index (χ0) is 12.5. The van der Waals surface area contributed by atoms with Gasteiger partial charge in [0, 0.05) is 18.9 Å². The van der Waals surface area contributed by atoms with E-state index in [9.17, 15) is 0 Å². The molecule has 0 bridgehead atoms. The Hall–Kier alpha value is -0.390. The number of nitrogens with zero attached hydrogens (tertiary/aromatic N) is 2. The fraction of sp³-hybridized carbons (Fsp3) is 0.714. The zero-order valence-corrected chi connectivity index (χ0v) is 13.0. The van der Waals surface area contributed by atoms with Crippen LogP contribution in [-0.2, 0) is 0 Å².